The normalized spacial score (nSPS) is 10.8. The van der Waals surface area contributed by atoms with Crippen molar-refractivity contribution in [3.05, 3.63) is 66.0 Å². The van der Waals surface area contributed by atoms with Gasteiger partial charge in [-0.2, -0.15) is 0 Å². The van der Waals surface area contributed by atoms with Crippen LogP contribution in [0.5, 0.6) is 0 Å². The summed E-state index contributed by atoms with van der Waals surface area (Å²) in [5.74, 6) is -0.829. The summed E-state index contributed by atoms with van der Waals surface area (Å²) in [6.45, 7) is 5.29. The van der Waals surface area contributed by atoms with Gasteiger partial charge in [0, 0.05) is 25.0 Å². The number of nitrogens with one attached hydrogen (secondary N) is 1. The lowest BCUT2D eigenvalue weighted by Crippen LogP contribution is -2.33. The maximum Gasteiger partial charge on any atom is 0.290 e. The Labute approximate surface area is 163 Å². The summed E-state index contributed by atoms with van der Waals surface area (Å²) in [4.78, 5) is 31.9. The van der Waals surface area contributed by atoms with E-state index in [-0.39, 0.29) is 23.2 Å². The fourth-order valence-corrected chi connectivity index (χ4v) is 3.08. The van der Waals surface area contributed by atoms with Crippen LogP contribution in [0.25, 0.3) is 5.52 Å². The number of hydrogen-bond acceptors (Lipinski definition) is 3. The van der Waals surface area contributed by atoms with E-state index in [0.717, 1.165) is 12.8 Å². The lowest BCUT2D eigenvalue weighted by atomic mass is 10.2. The van der Waals surface area contributed by atoms with Crippen LogP contribution in [0.2, 0.25) is 0 Å². The first kappa shape index (κ1) is 19.5. The second kappa shape index (κ2) is 8.65. The number of aromatic nitrogens is 2. The van der Waals surface area contributed by atoms with Gasteiger partial charge in [-0.05, 0) is 49.2 Å². The summed E-state index contributed by atoms with van der Waals surface area (Å²) in [5, 5.41) is 2.70. The van der Waals surface area contributed by atoms with Crippen molar-refractivity contribution in [2.24, 2.45) is 0 Å². The van der Waals surface area contributed by atoms with Crippen LogP contribution in [0.1, 0.15) is 47.8 Å². The molecule has 0 unspecified atom stereocenters. The second-order valence-electron chi connectivity index (χ2n) is 6.49. The van der Waals surface area contributed by atoms with Crippen molar-refractivity contribution in [3.63, 3.8) is 0 Å². The molecule has 0 spiro atoms. The minimum Gasteiger partial charge on any atom is -0.336 e. The lowest BCUT2D eigenvalue weighted by molar-refractivity contribution is 0.0742. The van der Waals surface area contributed by atoms with Crippen molar-refractivity contribution in [2.45, 2.75) is 26.7 Å². The van der Waals surface area contributed by atoms with Crippen LogP contribution in [0.3, 0.4) is 0 Å². The molecule has 2 amide bonds. The van der Waals surface area contributed by atoms with Gasteiger partial charge < -0.3 is 10.2 Å². The number of anilines is 1. The summed E-state index contributed by atoms with van der Waals surface area (Å²) in [6.07, 6.45) is 3.40. The van der Waals surface area contributed by atoms with Crippen molar-refractivity contribution in [1.29, 1.82) is 0 Å². The Kier molecular flexibility index (Phi) is 6.03. The maximum absolute atomic E-state index is 13.1. The summed E-state index contributed by atoms with van der Waals surface area (Å²) < 4.78 is 14.7. The zero-order valence-electron chi connectivity index (χ0n) is 16.0. The predicted octanol–water partition coefficient (Wildman–Crippen LogP) is 3.99. The number of carbonyl (C=O) groups is 2. The molecule has 7 heteroatoms. The van der Waals surface area contributed by atoms with Crippen LogP contribution in [-0.4, -0.2) is 39.2 Å². The number of halogens is 1. The van der Waals surface area contributed by atoms with Gasteiger partial charge in [0.15, 0.2) is 5.69 Å². The lowest BCUT2D eigenvalue weighted by Gasteiger charge is -2.20. The smallest absolute Gasteiger partial charge is 0.290 e. The van der Waals surface area contributed by atoms with E-state index in [1.165, 1.54) is 24.3 Å². The fraction of sp³-hybridized carbons (Fsp3) is 0.286. The summed E-state index contributed by atoms with van der Waals surface area (Å²) >= 11 is 0. The van der Waals surface area contributed by atoms with Gasteiger partial charge in [-0.1, -0.05) is 19.9 Å². The zero-order valence-corrected chi connectivity index (χ0v) is 16.0. The summed E-state index contributed by atoms with van der Waals surface area (Å²) in [7, 11) is 0. The molecule has 28 heavy (non-hydrogen) atoms. The van der Waals surface area contributed by atoms with Gasteiger partial charge in [0.2, 0.25) is 5.82 Å². The molecule has 0 fully saturated rings. The molecule has 0 aliphatic carbocycles. The highest BCUT2D eigenvalue weighted by Crippen LogP contribution is 2.17. The summed E-state index contributed by atoms with van der Waals surface area (Å²) in [5.41, 5.74) is 1.15. The molecule has 0 saturated heterocycles. The molecule has 6 nitrogen and oxygen atoms in total. The molecule has 0 saturated carbocycles. The van der Waals surface area contributed by atoms with Crippen molar-refractivity contribution < 1.29 is 14.0 Å². The third kappa shape index (κ3) is 4.03. The standard InChI is InChI=1S/C21H23FN4O2/c1-3-12-25(13-4-2)21(28)19-24-18(17-7-5-6-14-26(17)19)20(27)23-16-10-8-15(22)9-11-16/h5-11,14H,3-4,12-13H2,1-2H3,(H,23,27). The Morgan fingerprint density at radius 3 is 2.39 bits per heavy atom. The SMILES string of the molecule is CCCN(CCC)C(=O)c1nc(C(=O)Nc2ccc(F)cc2)c2ccccn12. The van der Waals surface area contributed by atoms with E-state index in [1.807, 2.05) is 13.8 Å². The first-order valence-electron chi connectivity index (χ1n) is 9.38. The average Bonchev–Trinajstić information content (AvgIpc) is 3.09. The van der Waals surface area contributed by atoms with Crippen LogP contribution < -0.4 is 5.32 Å². The molecule has 0 radical (unpaired) electrons. The molecule has 0 aliphatic heterocycles. The van der Waals surface area contributed by atoms with E-state index >= 15 is 0 Å². The van der Waals surface area contributed by atoms with Crippen molar-refractivity contribution in [3.8, 4) is 0 Å². The molecule has 3 aromatic rings. The van der Waals surface area contributed by atoms with Gasteiger partial charge >= 0.3 is 0 Å². The number of amides is 2. The Hall–Kier alpha value is -3.22. The van der Waals surface area contributed by atoms with Crippen molar-refractivity contribution >= 4 is 23.0 Å². The van der Waals surface area contributed by atoms with Gasteiger partial charge in [-0.25, -0.2) is 9.37 Å². The van der Waals surface area contributed by atoms with Gasteiger partial charge in [-0.15, -0.1) is 0 Å². The van der Waals surface area contributed by atoms with E-state index in [0.29, 0.717) is 24.3 Å². The zero-order chi connectivity index (χ0) is 20.1. The fourth-order valence-electron chi connectivity index (χ4n) is 3.08. The molecule has 0 bridgehead atoms. The van der Waals surface area contributed by atoms with Crippen molar-refractivity contribution in [2.75, 3.05) is 18.4 Å². The predicted molar refractivity (Wildman–Crippen MR) is 106 cm³/mol. The van der Waals surface area contributed by atoms with E-state index in [2.05, 4.69) is 10.3 Å². The van der Waals surface area contributed by atoms with E-state index in [9.17, 15) is 14.0 Å². The molecule has 0 aliphatic rings. The van der Waals surface area contributed by atoms with Crippen LogP contribution in [0, 0.1) is 5.82 Å². The van der Waals surface area contributed by atoms with E-state index in [4.69, 9.17) is 0 Å². The molecule has 2 heterocycles. The molecule has 2 aromatic heterocycles. The molecule has 1 N–H and O–H groups in total. The van der Waals surface area contributed by atoms with Gasteiger partial charge in [-0.3, -0.25) is 14.0 Å². The molecule has 1 aromatic carbocycles. The molecular weight excluding hydrogens is 359 g/mol. The number of fused-ring (bicyclic) bond motifs is 1. The highest BCUT2D eigenvalue weighted by Gasteiger charge is 2.24. The summed E-state index contributed by atoms with van der Waals surface area (Å²) in [6, 6.07) is 10.8. The molecular formula is C21H23FN4O2. The highest BCUT2D eigenvalue weighted by atomic mass is 19.1. The van der Waals surface area contributed by atoms with Gasteiger partial charge in [0.25, 0.3) is 11.8 Å². The monoisotopic (exact) mass is 382 g/mol. The third-order valence-corrected chi connectivity index (χ3v) is 4.33. The van der Waals surface area contributed by atoms with Gasteiger partial charge in [0.1, 0.15) is 5.82 Å². The highest BCUT2D eigenvalue weighted by molar-refractivity contribution is 6.08. The average molecular weight is 382 g/mol. The Bertz CT molecular complexity index is 976. The molecule has 0 atom stereocenters. The minimum atomic E-state index is -0.452. The van der Waals surface area contributed by atoms with E-state index < -0.39 is 5.91 Å². The molecule has 3 rings (SSSR count). The number of hydrogen-bond donors (Lipinski definition) is 1. The number of rotatable bonds is 7. The first-order valence-corrected chi connectivity index (χ1v) is 9.38. The second-order valence-corrected chi connectivity index (χ2v) is 6.49. The largest absolute Gasteiger partial charge is 0.336 e. The first-order chi connectivity index (χ1) is 13.5. The third-order valence-electron chi connectivity index (χ3n) is 4.33. The number of nitrogens with zero attached hydrogens (tertiary/aromatic N) is 3. The Balaban J connectivity index is 1.96. The van der Waals surface area contributed by atoms with Gasteiger partial charge in [0.05, 0.1) is 5.52 Å². The molecule has 146 valence electrons. The van der Waals surface area contributed by atoms with Crippen LogP contribution in [0.4, 0.5) is 10.1 Å². The number of benzene rings is 1. The number of imidazole rings is 1. The Morgan fingerprint density at radius 1 is 1.07 bits per heavy atom. The number of carbonyl (C=O) groups excluding carboxylic acids is 2. The quantitative estimate of drug-likeness (QED) is 0.672. The number of pyridine rings is 1. The minimum absolute atomic E-state index is 0.154. The van der Waals surface area contributed by atoms with Crippen LogP contribution in [-0.2, 0) is 0 Å². The van der Waals surface area contributed by atoms with Crippen LogP contribution in [0.15, 0.2) is 48.7 Å². The van der Waals surface area contributed by atoms with Crippen LogP contribution >= 0.6 is 0 Å². The van der Waals surface area contributed by atoms with Crippen molar-refractivity contribution in [1.82, 2.24) is 14.3 Å². The Morgan fingerprint density at radius 2 is 1.75 bits per heavy atom. The maximum atomic E-state index is 13.1. The van der Waals surface area contributed by atoms with E-state index in [1.54, 1.807) is 33.7 Å². The topological polar surface area (TPSA) is 66.7 Å².